The number of carbonyl (C=O) groups is 1. The molecule has 0 fully saturated rings. The predicted molar refractivity (Wildman–Crippen MR) is 126 cm³/mol. The number of nitrogens with one attached hydrogen (secondary N) is 1. The molecule has 3 heterocycles. The molecule has 1 aliphatic rings. The number of aromatic nitrogens is 3. The Morgan fingerprint density at radius 2 is 1.81 bits per heavy atom. The highest BCUT2D eigenvalue weighted by Crippen LogP contribution is 2.38. The summed E-state index contributed by atoms with van der Waals surface area (Å²) in [4.78, 5) is 19.8. The number of fused-ring (bicyclic) bond motifs is 1. The number of hydrogen-bond acceptors (Lipinski definition) is 4. The Labute approximate surface area is 187 Å². The Morgan fingerprint density at radius 1 is 1.03 bits per heavy atom. The molecule has 4 aromatic rings. The average molecular weight is 424 g/mol. The van der Waals surface area contributed by atoms with E-state index in [9.17, 15) is 4.79 Å². The van der Waals surface area contributed by atoms with Gasteiger partial charge in [-0.15, -0.1) is 0 Å². The third-order valence-corrected chi connectivity index (χ3v) is 6.02. The molecule has 0 bridgehead atoms. The molecule has 2 atom stereocenters. The molecule has 6 heteroatoms. The minimum absolute atomic E-state index is 0.0308. The van der Waals surface area contributed by atoms with Crippen LogP contribution in [0, 0.1) is 0 Å². The fraction of sp³-hybridized carbons (Fsp3) is 0.192. The SMILES string of the molecule is CC[C@@H](C)N1C(=O)c2ccccc2N[C@H]1c1cn(-c2ccccc2)nc1-c1cccnc1. The van der Waals surface area contributed by atoms with Gasteiger partial charge in [0.25, 0.3) is 5.91 Å². The number of rotatable bonds is 5. The maximum Gasteiger partial charge on any atom is 0.258 e. The van der Waals surface area contributed by atoms with E-state index in [1.807, 2.05) is 88.7 Å². The highest BCUT2D eigenvalue weighted by Gasteiger charge is 2.37. The molecule has 1 N–H and O–H groups in total. The predicted octanol–water partition coefficient (Wildman–Crippen LogP) is 5.30. The van der Waals surface area contributed by atoms with E-state index in [1.165, 1.54) is 0 Å². The lowest BCUT2D eigenvalue weighted by Crippen LogP contribution is -2.47. The van der Waals surface area contributed by atoms with Gasteiger partial charge in [0.05, 0.1) is 11.3 Å². The molecule has 2 aromatic carbocycles. The van der Waals surface area contributed by atoms with Gasteiger partial charge in [0, 0.05) is 41.4 Å². The standard InChI is InChI=1S/C26H25N5O/c1-3-18(2)31-25(28-23-14-8-7-13-21(23)26(31)32)22-17-30(20-11-5-4-6-12-20)29-24(22)19-10-9-15-27-16-19/h4-18,25,28H,3H2,1-2H3/t18-,25-/m1/s1. The van der Waals surface area contributed by atoms with Crippen LogP contribution in [0.15, 0.2) is 85.3 Å². The second kappa shape index (κ2) is 8.30. The van der Waals surface area contributed by atoms with E-state index >= 15 is 0 Å². The summed E-state index contributed by atoms with van der Waals surface area (Å²) < 4.78 is 1.87. The van der Waals surface area contributed by atoms with Crippen LogP contribution < -0.4 is 5.32 Å². The molecule has 160 valence electrons. The summed E-state index contributed by atoms with van der Waals surface area (Å²) in [5, 5.41) is 8.54. The number of carbonyl (C=O) groups excluding carboxylic acids is 1. The Hall–Kier alpha value is -3.93. The molecule has 32 heavy (non-hydrogen) atoms. The zero-order valence-corrected chi connectivity index (χ0v) is 18.1. The molecule has 0 aliphatic carbocycles. The Kier molecular flexibility index (Phi) is 5.19. The van der Waals surface area contributed by atoms with E-state index in [1.54, 1.807) is 6.20 Å². The van der Waals surface area contributed by atoms with Crippen molar-refractivity contribution in [2.45, 2.75) is 32.5 Å². The highest BCUT2D eigenvalue weighted by molar-refractivity contribution is 6.02. The van der Waals surface area contributed by atoms with Gasteiger partial charge in [0.15, 0.2) is 0 Å². The normalized spacial score (nSPS) is 16.4. The molecule has 2 aromatic heterocycles. The lowest BCUT2D eigenvalue weighted by Gasteiger charge is -2.41. The summed E-state index contributed by atoms with van der Waals surface area (Å²) in [6.45, 7) is 4.19. The Balaban J connectivity index is 1.70. The molecular weight excluding hydrogens is 398 g/mol. The lowest BCUT2D eigenvalue weighted by molar-refractivity contribution is 0.0594. The summed E-state index contributed by atoms with van der Waals surface area (Å²) >= 11 is 0. The van der Waals surface area contributed by atoms with Crippen LogP contribution in [0.3, 0.4) is 0 Å². The van der Waals surface area contributed by atoms with Gasteiger partial charge in [-0.3, -0.25) is 9.78 Å². The van der Waals surface area contributed by atoms with Gasteiger partial charge < -0.3 is 10.2 Å². The maximum absolute atomic E-state index is 13.6. The molecule has 0 saturated carbocycles. The summed E-state index contributed by atoms with van der Waals surface area (Å²) in [7, 11) is 0. The minimum atomic E-state index is -0.347. The zero-order chi connectivity index (χ0) is 22.1. The first-order valence-corrected chi connectivity index (χ1v) is 10.9. The van der Waals surface area contributed by atoms with Crippen LogP contribution in [0.25, 0.3) is 16.9 Å². The van der Waals surface area contributed by atoms with Crippen LogP contribution in [-0.2, 0) is 0 Å². The second-order valence-electron chi connectivity index (χ2n) is 8.02. The molecule has 1 aliphatic heterocycles. The van der Waals surface area contributed by atoms with Crippen molar-refractivity contribution in [3.05, 3.63) is 96.4 Å². The highest BCUT2D eigenvalue weighted by atomic mass is 16.2. The molecule has 0 spiro atoms. The van der Waals surface area contributed by atoms with Crippen molar-refractivity contribution in [2.24, 2.45) is 0 Å². The molecule has 1 amide bonds. The monoisotopic (exact) mass is 423 g/mol. The average Bonchev–Trinajstić information content (AvgIpc) is 3.30. The van der Waals surface area contributed by atoms with Gasteiger partial charge in [-0.2, -0.15) is 5.10 Å². The number of para-hydroxylation sites is 2. The van der Waals surface area contributed by atoms with Crippen LogP contribution in [0.1, 0.15) is 42.4 Å². The van der Waals surface area contributed by atoms with Gasteiger partial charge in [-0.05, 0) is 49.7 Å². The second-order valence-corrected chi connectivity index (χ2v) is 8.02. The Morgan fingerprint density at radius 3 is 2.56 bits per heavy atom. The number of hydrogen-bond donors (Lipinski definition) is 1. The number of amides is 1. The number of benzene rings is 2. The van der Waals surface area contributed by atoms with Gasteiger partial charge in [0.2, 0.25) is 0 Å². The van der Waals surface area contributed by atoms with Gasteiger partial charge in [-0.1, -0.05) is 37.3 Å². The summed E-state index contributed by atoms with van der Waals surface area (Å²) in [6, 6.07) is 21.7. The van der Waals surface area contributed by atoms with Crippen molar-refractivity contribution in [1.29, 1.82) is 0 Å². The molecule has 0 saturated heterocycles. The summed E-state index contributed by atoms with van der Waals surface area (Å²) in [6.07, 6.45) is 6.09. The van der Waals surface area contributed by atoms with E-state index in [0.29, 0.717) is 5.56 Å². The summed E-state index contributed by atoms with van der Waals surface area (Å²) in [5.74, 6) is 0.0308. The number of pyridine rings is 1. The number of anilines is 1. The van der Waals surface area contributed by atoms with E-state index in [4.69, 9.17) is 5.10 Å². The van der Waals surface area contributed by atoms with Crippen LogP contribution >= 0.6 is 0 Å². The quantitative estimate of drug-likeness (QED) is 0.473. The molecule has 0 radical (unpaired) electrons. The van der Waals surface area contributed by atoms with Crippen molar-refractivity contribution in [3.8, 4) is 16.9 Å². The maximum atomic E-state index is 13.6. The Bertz CT molecular complexity index is 1240. The third-order valence-electron chi connectivity index (χ3n) is 6.02. The fourth-order valence-corrected chi connectivity index (χ4v) is 4.18. The van der Waals surface area contributed by atoms with Crippen LogP contribution in [0.2, 0.25) is 0 Å². The van der Waals surface area contributed by atoms with E-state index in [0.717, 1.165) is 34.6 Å². The molecule has 5 rings (SSSR count). The fourth-order valence-electron chi connectivity index (χ4n) is 4.18. The van der Waals surface area contributed by atoms with Gasteiger partial charge in [-0.25, -0.2) is 4.68 Å². The molecule has 6 nitrogen and oxygen atoms in total. The van der Waals surface area contributed by atoms with Crippen molar-refractivity contribution < 1.29 is 4.79 Å². The minimum Gasteiger partial charge on any atom is -0.361 e. The van der Waals surface area contributed by atoms with E-state index in [-0.39, 0.29) is 18.1 Å². The third kappa shape index (κ3) is 3.43. The first-order chi connectivity index (χ1) is 15.7. The van der Waals surface area contributed by atoms with Crippen LogP contribution in [0.5, 0.6) is 0 Å². The van der Waals surface area contributed by atoms with Crippen LogP contribution in [0.4, 0.5) is 5.69 Å². The molecule has 0 unspecified atom stereocenters. The van der Waals surface area contributed by atoms with E-state index < -0.39 is 0 Å². The van der Waals surface area contributed by atoms with Crippen molar-refractivity contribution in [2.75, 3.05) is 5.32 Å². The van der Waals surface area contributed by atoms with Crippen molar-refractivity contribution >= 4 is 11.6 Å². The lowest BCUT2D eigenvalue weighted by atomic mass is 9.99. The van der Waals surface area contributed by atoms with Crippen molar-refractivity contribution in [1.82, 2.24) is 19.7 Å². The smallest absolute Gasteiger partial charge is 0.258 e. The van der Waals surface area contributed by atoms with Gasteiger partial charge in [0.1, 0.15) is 11.9 Å². The van der Waals surface area contributed by atoms with Gasteiger partial charge >= 0.3 is 0 Å². The molecular formula is C26H25N5O. The first kappa shape index (κ1) is 20.0. The summed E-state index contributed by atoms with van der Waals surface area (Å²) in [5.41, 5.74) is 5.15. The van der Waals surface area contributed by atoms with E-state index in [2.05, 4.69) is 24.1 Å². The van der Waals surface area contributed by atoms with Crippen LogP contribution in [-0.4, -0.2) is 31.6 Å². The van der Waals surface area contributed by atoms with Crippen molar-refractivity contribution in [3.63, 3.8) is 0 Å². The first-order valence-electron chi connectivity index (χ1n) is 10.9. The zero-order valence-electron chi connectivity index (χ0n) is 18.1. The number of nitrogens with zero attached hydrogens (tertiary/aromatic N) is 4. The topological polar surface area (TPSA) is 63.1 Å². The largest absolute Gasteiger partial charge is 0.361 e.